The number of benzene rings is 1. The van der Waals surface area contributed by atoms with Crippen molar-refractivity contribution < 1.29 is 0 Å². The number of aryl methyl sites for hydroxylation is 2. The smallest absolute Gasteiger partial charge is 0.194 e. The number of nitrogens with one attached hydrogen (secondary N) is 1. The van der Waals surface area contributed by atoms with Gasteiger partial charge in [-0.05, 0) is 38.0 Å². The fourth-order valence-corrected chi connectivity index (χ4v) is 3.38. The molecule has 0 spiro atoms. The molecule has 1 fully saturated rings. The first-order chi connectivity index (χ1) is 13.6. The molecule has 7 heteroatoms. The van der Waals surface area contributed by atoms with Gasteiger partial charge < -0.3 is 19.7 Å². The maximum atomic E-state index is 4.87. The normalized spacial score (nSPS) is 15.2. The molecule has 0 unspecified atom stereocenters. The van der Waals surface area contributed by atoms with Crippen LogP contribution in [0.1, 0.15) is 37.0 Å². The van der Waals surface area contributed by atoms with Gasteiger partial charge in [0.05, 0.1) is 0 Å². The number of aromatic nitrogens is 3. The van der Waals surface area contributed by atoms with Crippen molar-refractivity contribution in [3.05, 3.63) is 41.5 Å². The lowest BCUT2D eigenvalue weighted by Crippen LogP contribution is -2.52. The van der Waals surface area contributed by atoms with Crippen LogP contribution in [0, 0.1) is 13.8 Å². The van der Waals surface area contributed by atoms with Gasteiger partial charge in [0.1, 0.15) is 12.4 Å². The predicted octanol–water partition coefficient (Wildman–Crippen LogP) is 2.50. The average molecular weight is 384 g/mol. The van der Waals surface area contributed by atoms with E-state index in [2.05, 4.69) is 63.4 Å². The van der Waals surface area contributed by atoms with Crippen LogP contribution in [0.5, 0.6) is 0 Å². The van der Waals surface area contributed by atoms with Crippen molar-refractivity contribution in [2.75, 3.05) is 37.6 Å². The minimum absolute atomic E-state index is 0.546. The molecule has 3 rings (SSSR count). The molecule has 7 nitrogen and oxygen atoms in total. The molecule has 0 aliphatic carbocycles. The average Bonchev–Trinajstić information content (AvgIpc) is 3.03. The Hall–Kier alpha value is -2.57. The number of nitrogens with zero attached hydrogens (tertiary/aromatic N) is 6. The first kappa shape index (κ1) is 20.2. The molecular weight excluding hydrogens is 350 g/mol. The summed E-state index contributed by atoms with van der Waals surface area (Å²) in [7, 11) is 1.99. The number of anilines is 1. The van der Waals surface area contributed by atoms with Crippen LogP contribution in [0.4, 0.5) is 5.69 Å². The molecule has 2 aromatic rings. The highest BCUT2D eigenvalue weighted by atomic mass is 15.4. The number of guanidine groups is 1. The van der Waals surface area contributed by atoms with Crippen molar-refractivity contribution in [3.8, 4) is 0 Å². The van der Waals surface area contributed by atoms with Crippen molar-refractivity contribution in [2.24, 2.45) is 12.0 Å². The van der Waals surface area contributed by atoms with E-state index in [1.165, 1.54) is 17.7 Å². The monoisotopic (exact) mass is 383 g/mol. The van der Waals surface area contributed by atoms with E-state index in [1.807, 2.05) is 18.5 Å². The van der Waals surface area contributed by atoms with Crippen LogP contribution >= 0.6 is 0 Å². The van der Waals surface area contributed by atoms with Crippen LogP contribution in [-0.2, 0) is 13.6 Å². The fourth-order valence-electron chi connectivity index (χ4n) is 3.38. The summed E-state index contributed by atoms with van der Waals surface area (Å²) in [5.41, 5.74) is 2.62. The summed E-state index contributed by atoms with van der Waals surface area (Å²) in [4.78, 5) is 9.69. The molecule has 1 aromatic carbocycles. The molecule has 0 amide bonds. The summed E-state index contributed by atoms with van der Waals surface area (Å²) >= 11 is 0. The van der Waals surface area contributed by atoms with Crippen molar-refractivity contribution in [3.63, 3.8) is 0 Å². The molecule has 0 saturated carbocycles. The van der Waals surface area contributed by atoms with Gasteiger partial charge in [0, 0.05) is 45.5 Å². The third-order valence-electron chi connectivity index (χ3n) is 5.31. The number of rotatable bonds is 6. The number of unbranched alkanes of at least 4 members (excludes halogenated alkanes) is 1. The Morgan fingerprint density at radius 1 is 1.14 bits per heavy atom. The van der Waals surface area contributed by atoms with Crippen molar-refractivity contribution in [2.45, 2.75) is 40.2 Å². The van der Waals surface area contributed by atoms with Gasteiger partial charge in [0.25, 0.3) is 0 Å². The SMILES string of the molecule is CCCCNC(=NCc1nnc(C)n1C)N1CCN(c2cccc(C)c2)CC1. The third-order valence-corrected chi connectivity index (χ3v) is 5.31. The van der Waals surface area contributed by atoms with E-state index in [9.17, 15) is 0 Å². The van der Waals surface area contributed by atoms with Crippen LogP contribution < -0.4 is 10.2 Å². The molecule has 152 valence electrons. The summed E-state index contributed by atoms with van der Waals surface area (Å²) in [6.45, 7) is 11.7. The first-order valence-corrected chi connectivity index (χ1v) is 10.3. The maximum absolute atomic E-state index is 4.87. The van der Waals surface area contributed by atoms with E-state index in [0.717, 1.165) is 56.8 Å². The lowest BCUT2D eigenvalue weighted by atomic mass is 10.2. The van der Waals surface area contributed by atoms with Gasteiger partial charge in [-0.3, -0.25) is 0 Å². The Morgan fingerprint density at radius 3 is 2.57 bits per heavy atom. The Morgan fingerprint density at radius 2 is 1.93 bits per heavy atom. The maximum Gasteiger partial charge on any atom is 0.194 e. The summed E-state index contributed by atoms with van der Waals surface area (Å²) in [6.07, 6.45) is 2.31. The molecule has 1 saturated heterocycles. The Bertz CT molecular complexity index is 788. The minimum atomic E-state index is 0.546. The van der Waals surface area contributed by atoms with E-state index in [1.54, 1.807) is 0 Å². The third kappa shape index (κ3) is 5.03. The van der Waals surface area contributed by atoms with E-state index in [4.69, 9.17) is 4.99 Å². The molecule has 28 heavy (non-hydrogen) atoms. The van der Waals surface area contributed by atoms with E-state index in [0.29, 0.717) is 6.54 Å². The van der Waals surface area contributed by atoms with Gasteiger partial charge in [-0.1, -0.05) is 25.5 Å². The number of aliphatic imine (C=N–C) groups is 1. The number of hydrogen-bond acceptors (Lipinski definition) is 4. The van der Waals surface area contributed by atoms with Crippen LogP contribution in [-0.4, -0.2) is 58.3 Å². The van der Waals surface area contributed by atoms with Gasteiger partial charge >= 0.3 is 0 Å². The molecule has 0 bridgehead atoms. The predicted molar refractivity (Wildman–Crippen MR) is 115 cm³/mol. The second-order valence-corrected chi connectivity index (χ2v) is 7.46. The van der Waals surface area contributed by atoms with Crippen molar-refractivity contribution in [1.82, 2.24) is 25.0 Å². The zero-order valence-corrected chi connectivity index (χ0v) is 17.6. The van der Waals surface area contributed by atoms with E-state index >= 15 is 0 Å². The van der Waals surface area contributed by atoms with Crippen molar-refractivity contribution >= 4 is 11.6 Å². The standard InChI is InChI=1S/C21H33N7/c1-5-6-10-22-21(23-16-20-25-24-18(3)26(20)4)28-13-11-27(12-14-28)19-9-7-8-17(2)15-19/h7-9,15H,5-6,10-14,16H2,1-4H3,(H,22,23). The quantitative estimate of drug-likeness (QED) is 0.472. The summed E-state index contributed by atoms with van der Waals surface area (Å²) in [5, 5.41) is 11.9. The zero-order chi connectivity index (χ0) is 19.9. The molecule has 0 radical (unpaired) electrons. The molecule has 1 N–H and O–H groups in total. The Kier molecular flexibility index (Phi) is 6.90. The topological polar surface area (TPSA) is 61.6 Å². The van der Waals surface area contributed by atoms with Crippen LogP contribution in [0.2, 0.25) is 0 Å². The largest absolute Gasteiger partial charge is 0.368 e. The van der Waals surface area contributed by atoms with Gasteiger partial charge in [-0.2, -0.15) is 0 Å². The molecule has 1 aromatic heterocycles. The lowest BCUT2D eigenvalue weighted by Gasteiger charge is -2.38. The summed E-state index contributed by atoms with van der Waals surface area (Å²) in [6, 6.07) is 8.75. The number of piperazine rings is 1. The molecule has 0 atom stereocenters. The second kappa shape index (κ2) is 9.57. The zero-order valence-electron chi connectivity index (χ0n) is 17.6. The molecule has 1 aliphatic heterocycles. The van der Waals surface area contributed by atoms with Gasteiger partial charge in [0.15, 0.2) is 11.8 Å². The highest BCUT2D eigenvalue weighted by Gasteiger charge is 2.20. The number of hydrogen-bond donors (Lipinski definition) is 1. The highest BCUT2D eigenvalue weighted by molar-refractivity contribution is 5.80. The van der Waals surface area contributed by atoms with Gasteiger partial charge in [-0.15, -0.1) is 10.2 Å². The fraction of sp³-hybridized carbons (Fsp3) is 0.571. The second-order valence-electron chi connectivity index (χ2n) is 7.46. The van der Waals surface area contributed by atoms with E-state index in [-0.39, 0.29) is 0 Å². The lowest BCUT2D eigenvalue weighted by molar-refractivity contribution is 0.371. The highest BCUT2D eigenvalue weighted by Crippen LogP contribution is 2.18. The minimum Gasteiger partial charge on any atom is -0.368 e. The molecular formula is C21H33N7. The van der Waals surface area contributed by atoms with Crippen LogP contribution in [0.15, 0.2) is 29.3 Å². The van der Waals surface area contributed by atoms with Crippen molar-refractivity contribution in [1.29, 1.82) is 0 Å². The summed E-state index contributed by atoms with van der Waals surface area (Å²) < 4.78 is 2.00. The Labute approximate surface area is 168 Å². The van der Waals surface area contributed by atoms with Gasteiger partial charge in [0.2, 0.25) is 0 Å². The van der Waals surface area contributed by atoms with E-state index < -0.39 is 0 Å². The van der Waals surface area contributed by atoms with Crippen LogP contribution in [0.3, 0.4) is 0 Å². The Balaban J connectivity index is 1.65. The molecule has 2 heterocycles. The summed E-state index contributed by atoms with van der Waals surface area (Å²) in [5.74, 6) is 2.79. The van der Waals surface area contributed by atoms with Crippen LogP contribution in [0.25, 0.3) is 0 Å². The van der Waals surface area contributed by atoms with Gasteiger partial charge in [-0.25, -0.2) is 4.99 Å². The first-order valence-electron chi connectivity index (χ1n) is 10.3. The molecule has 1 aliphatic rings.